The molecule has 2 aromatic carbocycles. The van der Waals surface area contributed by atoms with Crippen molar-refractivity contribution in [3.63, 3.8) is 0 Å². The molecule has 4 rings (SSSR count). The van der Waals surface area contributed by atoms with E-state index in [0.29, 0.717) is 40.5 Å². The predicted octanol–water partition coefficient (Wildman–Crippen LogP) is 3.94. The van der Waals surface area contributed by atoms with E-state index in [0.717, 1.165) is 0 Å². The quantitative estimate of drug-likeness (QED) is 0.707. The number of hydrogen-bond acceptors (Lipinski definition) is 5. The lowest BCUT2D eigenvalue weighted by molar-refractivity contribution is -0.0673. The van der Waals surface area contributed by atoms with Gasteiger partial charge >= 0.3 is 0 Å². The van der Waals surface area contributed by atoms with Crippen LogP contribution in [0.15, 0.2) is 64.0 Å². The molecule has 1 aromatic heterocycles. The fourth-order valence-electron chi connectivity index (χ4n) is 2.67. The third kappa shape index (κ3) is 3.39. The molecule has 2 heterocycles. The summed E-state index contributed by atoms with van der Waals surface area (Å²) in [6.07, 6.45) is 0.379. The van der Waals surface area contributed by atoms with Gasteiger partial charge < -0.3 is 18.6 Å². The van der Waals surface area contributed by atoms with Crippen LogP contribution in [0, 0.1) is 0 Å². The van der Waals surface area contributed by atoms with Crippen LogP contribution in [-0.4, -0.2) is 19.3 Å². The maximum absolute atomic E-state index is 12.6. The molecular formula is C19H15ClO5. The van der Waals surface area contributed by atoms with Gasteiger partial charge in [0.05, 0.1) is 17.6 Å². The molecule has 1 aliphatic heterocycles. The SMILES string of the molecule is O=c1c([C@H]2OC[C@@H](COc3ccc(Cl)cc3)O2)coc2ccccc12. The van der Waals surface area contributed by atoms with Crippen LogP contribution in [-0.2, 0) is 9.47 Å². The minimum Gasteiger partial charge on any atom is -0.491 e. The number of benzene rings is 2. The van der Waals surface area contributed by atoms with Gasteiger partial charge in [-0.15, -0.1) is 0 Å². The van der Waals surface area contributed by atoms with E-state index < -0.39 is 6.29 Å². The number of hydrogen-bond donors (Lipinski definition) is 0. The van der Waals surface area contributed by atoms with Crippen molar-refractivity contribution >= 4 is 22.6 Å². The van der Waals surface area contributed by atoms with Crippen LogP contribution in [0.4, 0.5) is 0 Å². The van der Waals surface area contributed by atoms with E-state index in [2.05, 4.69) is 0 Å². The first kappa shape index (κ1) is 16.1. The minimum absolute atomic E-state index is 0.147. The lowest BCUT2D eigenvalue weighted by atomic mass is 10.2. The maximum Gasteiger partial charge on any atom is 0.200 e. The molecule has 1 fully saturated rings. The second-order valence-corrected chi connectivity index (χ2v) is 6.14. The Morgan fingerprint density at radius 3 is 2.76 bits per heavy atom. The molecule has 1 aliphatic rings. The molecule has 0 N–H and O–H groups in total. The normalized spacial score (nSPS) is 20.0. The first-order valence-corrected chi connectivity index (χ1v) is 8.24. The first-order valence-electron chi connectivity index (χ1n) is 7.86. The van der Waals surface area contributed by atoms with Crippen molar-refractivity contribution in [1.82, 2.24) is 0 Å². The Bertz CT molecular complexity index is 934. The summed E-state index contributed by atoms with van der Waals surface area (Å²) in [6.45, 7) is 0.654. The summed E-state index contributed by atoms with van der Waals surface area (Å²) in [6, 6.07) is 14.2. The standard InChI is InChI=1S/C19H15ClO5/c20-12-5-7-13(8-6-12)22-9-14-10-24-19(25-14)16-11-23-17-4-2-1-3-15(17)18(16)21/h1-8,11,14,19H,9-10H2/t14-,19+/m1/s1. The van der Waals surface area contributed by atoms with Crippen molar-refractivity contribution in [1.29, 1.82) is 0 Å². The fraction of sp³-hybridized carbons (Fsp3) is 0.211. The summed E-state index contributed by atoms with van der Waals surface area (Å²) in [4.78, 5) is 12.6. The molecule has 0 radical (unpaired) electrons. The molecule has 5 nitrogen and oxygen atoms in total. The van der Waals surface area contributed by atoms with Gasteiger partial charge in [0.2, 0.25) is 5.43 Å². The Morgan fingerprint density at radius 2 is 1.92 bits per heavy atom. The molecule has 0 amide bonds. The molecule has 0 unspecified atom stereocenters. The molecule has 0 bridgehead atoms. The van der Waals surface area contributed by atoms with E-state index in [1.807, 2.05) is 6.07 Å². The van der Waals surface area contributed by atoms with Crippen molar-refractivity contribution in [2.75, 3.05) is 13.2 Å². The summed E-state index contributed by atoms with van der Waals surface area (Å²) < 4.78 is 22.6. The zero-order valence-corrected chi connectivity index (χ0v) is 13.9. The average molecular weight is 359 g/mol. The van der Waals surface area contributed by atoms with Gasteiger partial charge in [0.1, 0.15) is 30.3 Å². The van der Waals surface area contributed by atoms with Gasteiger partial charge in [-0.25, -0.2) is 0 Å². The summed E-state index contributed by atoms with van der Waals surface area (Å²) in [5.74, 6) is 0.696. The average Bonchev–Trinajstić information content (AvgIpc) is 3.10. The molecule has 0 spiro atoms. The highest BCUT2D eigenvalue weighted by atomic mass is 35.5. The molecule has 2 atom stereocenters. The van der Waals surface area contributed by atoms with Crippen LogP contribution in [0.3, 0.4) is 0 Å². The highest BCUT2D eigenvalue weighted by Gasteiger charge is 2.30. The minimum atomic E-state index is -0.750. The molecule has 0 saturated carbocycles. The van der Waals surface area contributed by atoms with Gasteiger partial charge in [-0.2, -0.15) is 0 Å². The molecule has 1 saturated heterocycles. The molecular weight excluding hydrogens is 344 g/mol. The van der Waals surface area contributed by atoms with E-state index in [1.165, 1.54) is 6.26 Å². The zero-order valence-electron chi connectivity index (χ0n) is 13.2. The Balaban J connectivity index is 1.44. The second kappa shape index (κ2) is 6.88. The van der Waals surface area contributed by atoms with E-state index in [-0.39, 0.29) is 11.5 Å². The van der Waals surface area contributed by atoms with Crippen LogP contribution >= 0.6 is 11.6 Å². The topological polar surface area (TPSA) is 57.9 Å². The van der Waals surface area contributed by atoms with Gasteiger partial charge in [-0.3, -0.25) is 4.79 Å². The molecule has 0 aliphatic carbocycles. The van der Waals surface area contributed by atoms with Crippen molar-refractivity contribution in [3.05, 3.63) is 75.6 Å². The largest absolute Gasteiger partial charge is 0.491 e. The van der Waals surface area contributed by atoms with Crippen LogP contribution in [0.25, 0.3) is 11.0 Å². The first-order chi connectivity index (χ1) is 12.2. The lowest BCUT2D eigenvalue weighted by Gasteiger charge is -2.12. The van der Waals surface area contributed by atoms with Gasteiger partial charge in [0.25, 0.3) is 0 Å². The Hall–Kier alpha value is -2.34. The fourth-order valence-corrected chi connectivity index (χ4v) is 2.80. The predicted molar refractivity (Wildman–Crippen MR) is 93.0 cm³/mol. The third-order valence-corrected chi connectivity index (χ3v) is 4.21. The van der Waals surface area contributed by atoms with Crippen LogP contribution in [0.5, 0.6) is 5.75 Å². The Kier molecular flexibility index (Phi) is 4.44. The van der Waals surface area contributed by atoms with Crippen LogP contribution in [0.1, 0.15) is 11.9 Å². The number of rotatable bonds is 4. The van der Waals surface area contributed by atoms with E-state index in [9.17, 15) is 4.79 Å². The monoisotopic (exact) mass is 358 g/mol. The summed E-state index contributed by atoms with van der Waals surface area (Å²) in [5, 5.41) is 1.16. The number of fused-ring (bicyclic) bond motifs is 1. The van der Waals surface area contributed by atoms with E-state index in [4.69, 9.17) is 30.2 Å². The molecule has 25 heavy (non-hydrogen) atoms. The van der Waals surface area contributed by atoms with Gasteiger partial charge in [0.15, 0.2) is 6.29 Å². The lowest BCUT2D eigenvalue weighted by Crippen LogP contribution is -2.20. The second-order valence-electron chi connectivity index (χ2n) is 5.70. The van der Waals surface area contributed by atoms with Gasteiger partial charge in [-0.05, 0) is 36.4 Å². The summed E-state index contributed by atoms with van der Waals surface area (Å²) >= 11 is 5.84. The third-order valence-electron chi connectivity index (χ3n) is 3.96. The number of ether oxygens (including phenoxy) is 3. The Labute approximate surface area is 148 Å². The highest BCUT2D eigenvalue weighted by molar-refractivity contribution is 6.30. The molecule has 3 aromatic rings. The smallest absolute Gasteiger partial charge is 0.200 e. The van der Waals surface area contributed by atoms with E-state index in [1.54, 1.807) is 42.5 Å². The number of halogens is 1. The van der Waals surface area contributed by atoms with Crippen molar-refractivity contribution in [2.45, 2.75) is 12.4 Å². The van der Waals surface area contributed by atoms with Crippen molar-refractivity contribution < 1.29 is 18.6 Å². The van der Waals surface area contributed by atoms with Gasteiger partial charge in [0, 0.05) is 5.02 Å². The van der Waals surface area contributed by atoms with Gasteiger partial charge in [-0.1, -0.05) is 23.7 Å². The van der Waals surface area contributed by atoms with Crippen molar-refractivity contribution in [3.8, 4) is 5.75 Å². The van der Waals surface area contributed by atoms with E-state index >= 15 is 0 Å². The Morgan fingerprint density at radius 1 is 1.12 bits per heavy atom. The number of para-hydroxylation sites is 1. The van der Waals surface area contributed by atoms with Crippen LogP contribution < -0.4 is 10.2 Å². The maximum atomic E-state index is 12.6. The summed E-state index contributed by atoms with van der Waals surface area (Å²) in [7, 11) is 0. The summed E-state index contributed by atoms with van der Waals surface area (Å²) in [5.41, 5.74) is 0.746. The van der Waals surface area contributed by atoms with Crippen molar-refractivity contribution in [2.24, 2.45) is 0 Å². The zero-order chi connectivity index (χ0) is 17.2. The highest BCUT2D eigenvalue weighted by Crippen LogP contribution is 2.27. The molecule has 6 heteroatoms. The molecule has 128 valence electrons. The van der Waals surface area contributed by atoms with Crippen LogP contribution in [0.2, 0.25) is 5.02 Å².